The minimum absolute atomic E-state index is 0.0546. The normalized spacial score (nSPS) is 36.2. The first-order valence-electron chi connectivity index (χ1n) is 14.0. The maximum absolute atomic E-state index is 13.0. The lowest BCUT2D eigenvalue weighted by molar-refractivity contribution is -0.149. The fraction of sp³-hybridized carbons (Fsp3) is 0.852. The molecule has 1 spiro atoms. The summed E-state index contributed by atoms with van der Waals surface area (Å²) < 4.78 is 67.2. The molecule has 226 valence electrons. The summed E-state index contributed by atoms with van der Waals surface area (Å²) in [6.45, 7) is 6.85. The van der Waals surface area contributed by atoms with Gasteiger partial charge in [-0.15, -0.1) is 0 Å². The Hall–Kier alpha value is -2.09. The van der Waals surface area contributed by atoms with E-state index < -0.39 is 42.7 Å². The zero-order valence-electron chi connectivity index (χ0n) is 23.6. The maximum atomic E-state index is 13.0. The molecule has 0 N–H and O–H groups in total. The molecule has 1 aliphatic carbocycles. The van der Waals surface area contributed by atoms with Crippen molar-refractivity contribution >= 4 is 12.2 Å². The van der Waals surface area contributed by atoms with Gasteiger partial charge in [-0.1, -0.05) is 11.6 Å². The van der Waals surface area contributed by atoms with E-state index in [0.29, 0.717) is 13.0 Å². The van der Waals surface area contributed by atoms with Crippen molar-refractivity contribution in [2.45, 2.75) is 81.8 Å². The zero-order valence-corrected chi connectivity index (χ0v) is 23.6. The van der Waals surface area contributed by atoms with Gasteiger partial charge in [0, 0.05) is 33.3 Å². The third-order valence-electron chi connectivity index (χ3n) is 8.90. The number of methoxy groups -OCH3 is 1. The summed E-state index contributed by atoms with van der Waals surface area (Å²) in [6.07, 6.45) is -2.26. The van der Waals surface area contributed by atoms with E-state index in [1.54, 1.807) is 7.11 Å². The number of carbonyl (C=O) groups is 2. The van der Waals surface area contributed by atoms with Crippen LogP contribution in [0.4, 0.5) is 22.8 Å². The van der Waals surface area contributed by atoms with Crippen LogP contribution in [0.5, 0.6) is 0 Å². The van der Waals surface area contributed by atoms with Crippen molar-refractivity contribution in [3.63, 3.8) is 0 Å². The number of rotatable bonds is 7. The van der Waals surface area contributed by atoms with Gasteiger partial charge >= 0.3 is 18.4 Å². The van der Waals surface area contributed by atoms with Gasteiger partial charge in [-0.3, -0.25) is 4.90 Å². The molecule has 0 bridgehead atoms. The first-order chi connectivity index (χ1) is 18.8. The smallest absolute Gasteiger partial charge is 0.410 e. The molecule has 6 atom stereocenters. The minimum atomic E-state index is -4.26. The van der Waals surface area contributed by atoms with E-state index in [9.17, 15) is 22.8 Å². The van der Waals surface area contributed by atoms with Crippen molar-refractivity contribution in [2.24, 2.45) is 5.92 Å². The summed E-state index contributed by atoms with van der Waals surface area (Å²) in [4.78, 5) is 29.6. The second-order valence-corrected chi connectivity index (χ2v) is 12.1. The lowest BCUT2D eigenvalue weighted by Gasteiger charge is -2.44. The van der Waals surface area contributed by atoms with Crippen LogP contribution in [0.25, 0.3) is 0 Å². The molecule has 13 heteroatoms. The van der Waals surface area contributed by atoms with Crippen LogP contribution in [-0.4, -0.2) is 128 Å². The summed E-state index contributed by atoms with van der Waals surface area (Å²) >= 11 is 0. The second-order valence-electron chi connectivity index (χ2n) is 12.1. The van der Waals surface area contributed by atoms with E-state index in [1.807, 2.05) is 0 Å². The number of hydrogen-bond donors (Lipinski definition) is 0. The van der Waals surface area contributed by atoms with Crippen LogP contribution in [0.15, 0.2) is 11.6 Å². The summed E-state index contributed by atoms with van der Waals surface area (Å²) in [5.74, 6) is -0.0752. The van der Waals surface area contributed by atoms with E-state index >= 15 is 0 Å². The lowest BCUT2D eigenvalue weighted by Crippen LogP contribution is -2.60. The van der Waals surface area contributed by atoms with Gasteiger partial charge in [-0.05, 0) is 40.0 Å². The summed E-state index contributed by atoms with van der Waals surface area (Å²) in [5.41, 5.74) is 0.491. The Balaban J connectivity index is 1.09. The van der Waals surface area contributed by atoms with E-state index in [0.717, 1.165) is 12.8 Å². The number of piperazine rings is 1. The Morgan fingerprint density at radius 1 is 1.05 bits per heavy atom. The molecule has 4 heterocycles. The summed E-state index contributed by atoms with van der Waals surface area (Å²) in [5, 5.41) is 0. The van der Waals surface area contributed by atoms with Gasteiger partial charge in [0.1, 0.15) is 29.5 Å². The maximum Gasteiger partial charge on any atom is 0.410 e. The molecule has 0 aromatic heterocycles. The van der Waals surface area contributed by atoms with E-state index in [-0.39, 0.29) is 63.0 Å². The number of halogens is 3. The Kier molecular flexibility index (Phi) is 8.05. The molecule has 0 radical (unpaired) electrons. The van der Waals surface area contributed by atoms with Gasteiger partial charge in [0.25, 0.3) is 0 Å². The number of likely N-dealkylation sites (tertiary alicyclic amines) is 1. The number of nitrogens with zero attached hydrogens (tertiary/aromatic N) is 3. The first-order valence-corrected chi connectivity index (χ1v) is 14.0. The van der Waals surface area contributed by atoms with Crippen LogP contribution in [0.2, 0.25) is 0 Å². The van der Waals surface area contributed by atoms with Crippen LogP contribution < -0.4 is 0 Å². The number of epoxide rings is 2. The SMILES string of the molecule is CO[C@H]1C([C@@]2(C)O[C@@H]2CC=C(C)C)[C@]2(CC[C@H]1OC(=O)N1CC(OC(=O)N3CCN(CC(F)(F)F)CC3)C1)CO2. The molecule has 4 aliphatic heterocycles. The number of alkyl halides is 3. The van der Waals surface area contributed by atoms with Crippen molar-refractivity contribution < 1.29 is 46.4 Å². The lowest BCUT2D eigenvalue weighted by atomic mass is 9.68. The molecule has 1 unspecified atom stereocenters. The monoisotopic (exact) mass is 575 g/mol. The predicted molar refractivity (Wildman–Crippen MR) is 136 cm³/mol. The van der Waals surface area contributed by atoms with Crippen LogP contribution in [0.1, 0.15) is 40.0 Å². The minimum Gasteiger partial charge on any atom is -0.443 e. The van der Waals surface area contributed by atoms with Crippen LogP contribution >= 0.6 is 0 Å². The van der Waals surface area contributed by atoms with Crippen LogP contribution in [0.3, 0.4) is 0 Å². The molecule has 5 fully saturated rings. The first kappa shape index (κ1) is 29.4. The highest BCUT2D eigenvalue weighted by Crippen LogP contribution is 2.59. The number of carbonyl (C=O) groups excluding carboxylic acids is 2. The molecule has 5 aliphatic rings. The average Bonchev–Trinajstić information content (AvgIpc) is 3.77. The fourth-order valence-corrected chi connectivity index (χ4v) is 6.50. The van der Waals surface area contributed by atoms with E-state index in [1.165, 1.54) is 20.3 Å². The van der Waals surface area contributed by atoms with Gasteiger partial charge in [0.15, 0.2) is 0 Å². The van der Waals surface area contributed by atoms with Gasteiger partial charge in [-0.2, -0.15) is 13.2 Å². The summed E-state index contributed by atoms with van der Waals surface area (Å²) in [7, 11) is 1.62. The predicted octanol–water partition coefficient (Wildman–Crippen LogP) is 3.20. The van der Waals surface area contributed by atoms with Crippen molar-refractivity contribution in [3.05, 3.63) is 11.6 Å². The zero-order chi connectivity index (χ0) is 28.9. The third kappa shape index (κ3) is 6.22. The van der Waals surface area contributed by atoms with Gasteiger partial charge in [0.05, 0.1) is 38.3 Å². The molecule has 40 heavy (non-hydrogen) atoms. The number of hydrogen-bond acceptors (Lipinski definition) is 8. The van der Waals surface area contributed by atoms with Crippen LogP contribution in [0, 0.1) is 5.92 Å². The largest absolute Gasteiger partial charge is 0.443 e. The van der Waals surface area contributed by atoms with Gasteiger partial charge in [0.2, 0.25) is 0 Å². The number of ether oxygens (including phenoxy) is 5. The third-order valence-corrected chi connectivity index (χ3v) is 8.90. The molecule has 0 aromatic carbocycles. The van der Waals surface area contributed by atoms with Crippen molar-refractivity contribution in [1.29, 1.82) is 0 Å². The Morgan fingerprint density at radius 2 is 1.70 bits per heavy atom. The van der Waals surface area contributed by atoms with Gasteiger partial charge in [-0.25, -0.2) is 9.59 Å². The molecule has 5 rings (SSSR count). The average molecular weight is 576 g/mol. The highest BCUT2D eigenvalue weighted by atomic mass is 19.4. The fourth-order valence-electron chi connectivity index (χ4n) is 6.50. The molecule has 2 amide bonds. The highest BCUT2D eigenvalue weighted by Gasteiger charge is 2.72. The summed E-state index contributed by atoms with van der Waals surface area (Å²) in [6, 6.07) is 0. The molecule has 4 saturated heterocycles. The number of amides is 2. The molecular weight excluding hydrogens is 535 g/mol. The molecular formula is C27H40F3N3O7. The van der Waals surface area contributed by atoms with E-state index in [4.69, 9.17) is 23.7 Å². The van der Waals surface area contributed by atoms with Crippen molar-refractivity contribution in [3.8, 4) is 0 Å². The Bertz CT molecular complexity index is 988. The Labute approximate surface area is 232 Å². The quantitative estimate of drug-likeness (QED) is 0.338. The molecule has 10 nitrogen and oxygen atoms in total. The molecule has 1 saturated carbocycles. The van der Waals surface area contributed by atoms with Crippen LogP contribution in [-0.2, 0) is 23.7 Å². The Morgan fingerprint density at radius 3 is 2.27 bits per heavy atom. The van der Waals surface area contributed by atoms with Gasteiger partial charge < -0.3 is 33.5 Å². The van der Waals surface area contributed by atoms with Crippen molar-refractivity contribution in [1.82, 2.24) is 14.7 Å². The number of allylic oxidation sites excluding steroid dienone is 1. The highest BCUT2D eigenvalue weighted by molar-refractivity contribution is 5.71. The topological polar surface area (TPSA) is 96.6 Å². The second kappa shape index (κ2) is 11.0. The van der Waals surface area contributed by atoms with Crippen molar-refractivity contribution in [2.75, 3.05) is 59.5 Å². The van der Waals surface area contributed by atoms with E-state index in [2.05, 4.69) is 26.8 Å². The molecule has 0 aromatic rings. The standard InChI is InChI=1S/C27H40F3N3O7/c1-17(2)5-6-20-25(3,40-20)22-21(36-4)19(7-8-26(22)16-37-26)39-24(35)33-13-18(14-33)38-23(34)32-11-9-31(10-12-32)15-27(28,29)30/h5,18-22H,6-16H2,1-4H3/t19-,20-,21-,22?,25+,26+/m1/s1.